The summed E-state index contributed by atoms with van der Waals surface area (Å²) >= 11 is 0. The minimum atomic E-state index is -0.290. The van der Waals surface area contributed by atoms with Gasteiger partial charge in [-0.2, -0.15) is 0 Å². The van der Waals surface area contributed by atoms with E-state index in [1.165, 1.54) is 7.11 Å². The van der Waals surface area contributed by atoms with E-state index in [9.17, 15) is 4.79 Å². The molecule has 6 heteroatoms. The number of anilines is 1. The molecule has 1 amide bonds. The molecule has 2 aromatic rings. The number of nitrogens with one attached hydrogen (secondary N) is 1. The molecule has 0 saturated carbocycles. The van der Waals surface area contributed by atoms with Crippen LogP contribution in [0.4, 0.5) is 5.69 Å². The third-order valence-electron chi connectivity index (χ3n) is 4.32. The summed E-state index contributed by atoms with van der Waals surface area (Å²) in [5.74, 6) is 3.63. The van der Waals surface area contributed by atoms with E-state index in [1.807, 2.05) is 18.2 Å². The van der Waals surface area contributed by atoms with Gasteiger partial charge in [0.2, 0.25) is 0 Å². The van der Waals surface area contributed by atoms with Crippen molar-refractivity contribution in [3.05, 3.63) is 48.0 Å². The van der Waals surface area contributed by atoms with Crippen molar-refractivity contribution in [2.75, 3.05) is 32.2 Å². The lowest BCUT2D eigenvalue weighted by atomic mass is 10.1. The van der Waals surface area contributed by atoms with E-state index in [1.54, 1.807) is 24.3 Å². The van der Waals surface area contributed by atoms with Crippen LogP contribution in [-0.2, 0) is 4.74 Å². The van der Waals surface area contributed by atoms with Gasteiger partial charge in [0.1, 0.15) is 19.0 Å². The largest absolute Gasteiger partial charge is 0.493 e. The Bertz CT molecular complexity index is 852. The number of benzene rings is 2. The number of ether oxygens (including phenoxy) is 4. The van der Waals surface area contributed by atoms with Gasteiger partial charge in [0.05, 0.1) is 18.9 Å². The number of para-hydroxylation sites is 2. The molecule has 1 unspecified atom stereocenters. The van der Waals surface area contributed by atoms with Gasteiger partial charge in [0.25, 0.3) is 5.91 Å². The summed E-state index contributed by atoms with van der Waals surface area (Å²) in [5, 5.41) is 2.88. The molecule has 0 radical (unpaired) electrons. The molecule has 1 saturated heterocycles. The van der Waals surface area contributed by atoms with E-state index in [0.717, 1.165) is 19.4 Å². The maximum atomic E-state index is 12.7. The highest BCUT2D eigenvalue weighted by molar-refractivity contribution is 6.05. The molecular weight excluding hydrogens is 358 g/mol. The standard InChI is InChI=1S/C22H23NO5/c1-3-12-27-21-14-16(10-11-20(21)25-2)22(24)23-18-8-4-5-9-19(18)28-15-17-7-6-13-26-17/h1,4-5,8-11,14,17H,6-7,12-13,15H2,2H3,(H,23,24). The van der Waals surface area contributed by atoms with Crippen molar-refractivity contribution >= 4 is 11.6 Å². The molecule has 6 nitrogen and oxygen atoms in total. The first kappa shape index (κ1) is 19.6. The second-order valence-corrected chi connectivity index (χ2v) is 6.25. The zero-order valence-electron chi connectivity index (χ0n) is 15.8. The zero-order chi connectivity index (χ0) is 19.8. The summed E-state index contributed by atoms with van der Waals surface area (Å²) in [7, 11) is 1.53. The Hall–Kier alpha value is -3.17. The normalized spacial score (nSPS) is 15.5. The van der Waals surface area contributed by atoms with Crippen LogP contribution in [0, 0.1) is 12.3 Å². The molecule has 1 fully saturated rings. The number of carbonyl (C=O) groups is 1. The lowest BCUT2D eigenvalue weighted by molar-refractivity contribution is 0.0682. The molecule has 146 valence electrons. The minimum Gasteiger partial charge on any atom is -0.493 e. The summed E-state index contributed by atoms with van der Waals surface area (Å²) in [5.41, 5.74) is 1.01. The third kappa shape index (κ3) is 4.96. The van der Waals surface area contributed by atoms with Gasteiger partial charge in [-0.1, -0.05) is 18.1 Å². The Labute approximate surface area is 164 Å². The van der Waals surface area contributed by atoms with Crippen LogP contribution in [-0.4, -0.2) is 38.9 Å². The minimum absolute atomic E-state index is 0.0847. The van der Waals surface area contributed by atoms with Gasteiger partial charge in [-0.15, -0.1) is 6.42 Å². The number of carbonyl (C=O) groups excluding carboxylic acids is 1. The Morgan fingerprint density at radius 2 is 2.07 bits per heavy atom. The highest BCUT2D eigenvalue weighted by Gasteiger charge is 2.18. The topological polar surface area (TPSA) is 66.0 Å². The Morgan fingerprint density at radius 1 is 1.21 bits per heavy atom. The molecule has 0 bridgehead atoms. The summed E-state index contributed by atoms with van der Waals surface area (Å²) in [6, 6.07) is 12.2. The highest BCUT2D eigenvalue weighted by Crippen LogP contribution is 2.30. The van der Waals surface area contributed by atoms with Crippen molar-refractivity contribution < 1.29 is 23.7 Å². The Morgan fingerprint density at radius 3 is 2.82 bits per heavy atom. The smallest absolute Gasteiger partial charge is 0.255 e. The molecule has 1 aliphatic rings. The predicted octanol–water partition coefficient (Wildman–Crippen LogP) is 3.52. The van der Waals surface area contributed by atoms with E-state index in [2.05, 4.69) is 11.2 Å². The van der Waals surface area contributed by atoms with Gasteiger partial charge in [-0.05, 0) is 43.2 Å². The number of terminal acetylenes is 1. The van der Waals surface area contributed by atoms with E-state index < -0.39 is 0 Å². The third-order valence-corrected chi connectivity index (χ3v) is 4.32. The molecule has 0 aromatic heterocycles. The summed E-state index contributed by atoms with van der Waals surface area (Å²) in [4.78, 5) is 12.7. The highest BCUT2D eigenvalue weighted by atomic mass is 16.5. The fraction of sp³-hybridized carbons (Fsp3) is 0.318. The quantitative estimate of drug-likeness (QED) is 0.709. The van der Waals surface area contributed by atoms with Gasteiger partial charge in [0.15, 0.2) is 11.5 Å². The summed E-state index contributed by atoms with van der Waals surface area (Å²) in [6.45, 7) is 1.31. The number of hydrogen-bond donors (Lipinski definition) is 1. The van der Waals surface area contributed by atoms with Gasteiger partial charge in [-0.25, -0.2) is 0 Å². The van der Waals surface area contributed by atoms with Crippen molar-refractivity contribution in [2.45, 2.75) is 18.9 Å². The van der Waals surface area contributed by atoms with E-state index >= 15 is 0 Å². The number of rotatable bonds is 8. The first-order valence-electron chi connectivity index (χ1n) is 9.10. The average Bonchev–Trinajstić information content (AvgIpc) is 3.25. The van der Waals surface area contributed by atoms with E-state index in [-0.39, 0.29) is 18.6 Å². The lowest BCUT2D eigenvalue weighted by Crippen LogP contribution is -2.18. The van der Waals surface area contributed by atoms with Crippen molar-refractivity contribution in [3.63, 3.8) is 0 Å². The molecule has 1 atom stereocenters. The van der Waals surface area contributed by atoms with Crippen LogP contribution in [0.5, 0.6) is 17.2 Å². The molecule has 1 heterocycles. The van der Waals surface area contributed by atoms with Gasteiger partial charge < -0.3 is 24.3 Å². The van der Waals surface area contributed by atoms with Gasteiger partial charge >= 0.3 is 0 Å². The molecule has 0 spiro atoms. The van der Waals surface area contributed by atoms with Crippen LogP contribution in [0.1, 0.15) is 23.2 Å². The predicted molar refractivity (Wildman–Crippen MR) is 106 cm³/mol. The second-order valence-electron chi connectivity index (χ2n) is 6.25. The van der Waals surface area contributed by atoms with E-state index in [4.69, 9.17) is 25.4 Å². The maximum Gasteiger partial charge on any atom is 0.255 e. The molecular formula is C22H23NO5. The Balaban J connectivity index is 1.71. The van der Waals surface area contributed by atoms with Crippen LogP contribution in [0.3, 0.4) is 0 Å². The SMILES string of the molecule is C#CCOc1cc(C(=O)Nc2ccccc2OCC2CCCO2)ccc1OC. The molecule has 0 aliphatic carbocycles. The first-order chi connectivity index (χ1) is 13.7. The second kappa shape index (κ2) is 9.67. The number of hydrogen-bond acceptors (Lipinski definition) is 5. The molecule has 3 rings (SSSR count). The molecule has 28 heavy (non-hydrogen) atoms. The summed E-state index contributed by atoms with van der Waals surface area (Å²) in [6.07, 6.45) is 7.38. The monoisotopic (exact) mass is 381 g/mol. The number of methoxy groups -OCH3 is 1. The molecule has 1 N–H and O–H groups in total. The lowest BCUT2D eigenvalue weighted by Gasteiger charge is -2.15. The molecule has 1 aliphatic heterocycles. The fourth-order valence-corrected chi connectivity index (χ4v) is 2.90. The molecule has 2 aromatic carbocycles. The van der Waals surface area contributed by atoms with Gasteiger partial charge in [-0.3, -0.25) is 4.79 Å². The fourth-order valence-electron chi connectivity index (χ4n) is 2.90. The van der Waals surface area contributed by atoms with Crippen LogP contribution >= 0.6 is 0 Å². The average molecular weight is 381 g/mol. The van der Waals surface area contributed by atoms with Crippen molar-refractivity contribution in [1.82, 2.24) is 0 Å². The van der Waals surface area contributed by atoms with Crippen LogP contribution in [0.25, 0.3) is 0 Å². The van der Waals surface area contributed by atoms with E-state index in [0.29, 0.717) is 35.1 Å². The van der Waals surface area contributed by atoms with Crippen LogP contribution in [0.15, 0.2) is 42.5 Å². The Kier molecular flexibility index (Phi) is 6.77. The zero-order valence-corrected chi connectivity index (χ0v) is 15.8. The first-order valence-corrected chi connectivity index (χ1v) is 9.10. The summed E-state index contributed by atoms with van der Waals surface area (Å²) < 4.78 is 22.1. The van der Waals surface area contributed by atoms with Crippen molar-refractivity contribution in [3.8, 4) is 29.6 Å². The van der Waals surface area contributed by atoms with Gasteiger partial charge in [0, 0.05) is 12.2 Å². The van der Waals surface area contributed by atoms with Crippen molar-refractivity contribution in [2.24, 2.45) is 0 Å². The van der Waals surface area contributed by atoms with Crippen LogP contribution in [0.2, 0.25) is 0 Å². The van der Waals surface area contributed by atoms with Crippen molar-refractivity contribution in [1.29, 1.82) is 0 Å². The maximum absolute atomic E-state index is 12.7. The van der Waals surface area contributed by atoms with Crippen LogP contribution < -0.4 is 19.5 Å². The number of amides is 1.